The first-order valence-electron chi connectivity index (χ1n) is 7.45. The van der Waals surface area contributed by atoms with Crippen LogP contribution in [0, 0.1) is 0 Å². The molecule has 1 aliphatic heterocycles. The first kappa shape index (κ1) is 16.4. The predicted molar refractivity (Wildman–Crippen MR) is 84.4 cm³/mol. The molecule has 1 atom stereocenters. The lowest BCUT2D eigenvalue weighted by molar-refractivity contribution is 0.110. The zero-order chi connectivity index (χ0) is 15.2. The highest BCUT2D eigenvalue weighted by molar-refractivity contribution is 6.31. The van der Waals surface area contributed by atoms with Crippen LogP contribution in [-0.4, -0.2) is 32.5 Å². The Morgan fingerprint density at radius 2 is 2.19 bits per heavy atom. The predicted octanol–water partition coefficient (Wildman–Crippen LogP) is 3.40. The Morgan fingerprint density at radius 3 is 2.81 bits per heavy atom. The van der Waals surface area contributed by atoms with Crippen LogP contribution in [0.15, 0.2) is 12.1 Å². The van der Waals surface area contributed by atoms with Crippen molar-refractivity contribution in [3.63, 3.8) is 0 Å². The SMILES string of the molecule is COc1cc(CNCC2CCCO2)c(Cl)cc1OC(C)C. The number of benzene rings is 1. The third kappa shape index (κ3) is 4.77. The van der Waals surface area contributed by atoms with E-state index < -0.39 is 0 Å². The smallest absolute Gasteiger partial charge is 0.163 e. The first-order valence-corrected chi connectivity index (χ1v) is 7.83. The minimum atomic E-state index is 0.0819. The first-order chi connectivity index (χ1) is 10.1. The van der Waals surface area contributed by atoms with Crippen LogP contribution >= 0.6 is 11.6 Å². The van der Waals surface area contributed by atoms with Gasteiger partial charge in [-0.3, -0.25) is 0 Å². The topological polar surface area (TPSA) is 39.7 Å². The van der Waals surface area contributed by atoms with Crippen LogP contribution in [0.3, 0.4) is 0 Å². The second-order valence-corrected chi connectivity index (χ2v) is 5.93. The van der Waals surface area contributed by atoms with Gasteiger partial charge in [-0.15, -0.1) is 0 Å². The Kier molecular flexibility index (Phi) is 6.15. The molecular formula is C16H24ClNO3. The van der Waals surface area contributed by atoms with E-state index in [1.54, 1.807) is 7.11 Å². The van der Waals surface area contributed by atoms with Crippen molar-refractivity contribution in [3.8, 4) is 11.5 Å². The Hall–Kier alpha value is -0.970. The lowest BCUT2D eigenvalue weighted by atomic mass is 10.2. The monoisotopic (exact) mass is 313 g/mol. The maximum Gasteiger partial charge on any atom is 0.163 e. The summed E-state index contributed by atoms with van der Waals surface area (Å²) in [5.74, 6) is 1.39. The average molecular weight is 314 g/mol. The molecule has 0 spiro atoms. The van der Waals surface area contributed by atoms with E-state index in [4.69, 9.17) is 25.8 Å². The lowest BCUT2D eigenvalue weighted by Gasteiger charge is -2.16. The number of methoxy groups -OCH3 is 1. The molecule has 1 N–H and O–H groups in total. The van der Waals surface area contributed by atoms with Gasteiger partial charge >= 0.3 is 0 Å². The fraction of sp³-hybridized carbons (Fsp3) is 0.625. The number of nitrogens with one attached hydrogen (secondary N) is 1. The van der Waals surface area contributed by atoms with Gasteiger partial charge in [0.2, 0.25) is 0 Å². The summed E-state index contributed by atoms with van der Waals surface area (Å²) in [7, 11) is 1.64. The summed E-state index contributed by atoms with van der Waals surface area (Å²) in [6, 6.07) is 3.76. The normalized spacial score (nSPS) is 18.2. The molecule has 0 aromatic heterocycles. The largest absolute Gasteiger partial charge is 0.493 e. The third-order valence-corrected chi connectivity index (χ3v) is 3.76. The standard InChI is InChI=1S/C16H24ClNO3/c1-11(2)21-16-8-14(17)12(7-15(16)19-3)9-18-10-13-5-4-6-20-13/h7-8,11,13,18H,4-6,9-10H2,1-3H3. The average Bonchev–Trinajstić information content (AvgIpc) is 2.93. The van der Waals surface area contributed by atoms with Gasteiger partial charge in [-0.25, -0.2) is 0 Å². The maximum absolute atomic E-state index is 6.33. The van der Waals surface area contributed by atoms with E-state index >= 15 is 0 Å². The molecule has 0 aliphatic carbocycles. The molecule has 0 bridgehead atoms. The lowest BCUT2D eigenvalue weighted by Crippen LogP contribution is -2.25. The van der Waals surface area contributed by atoms with E-state index in [2.05, 4.69) is 5.32 Å². The van der Waals surface area contributed by atoms with Gasteiger partial charge < -0.3 is 19.5 Å². The molecule has 1 aromatic carbocycles. The molecule has 2 rings (SSSR count). The van der Waals surface area contributed by atoms with E-state index in [9.17, 15) is 0 Å². The van der Waals surface area contributed by atoms with Crippen LogP contribution in [0.2, 0.25) is 5.02 Å². The van der Waals surface area contributed by atoms with Gasteiger partial charge in [0.1, 0.15) is 0 Å². The molecule has 118 valence electrons. The third-order valence-electron chi connectivity index (χ3n) is 3.41. The van der Waals surface area contributed by atoms with Gasteiger partial charge in [0.05, 0.1) is 19.3 Å². The molecule has 21 heavy (non-hydrogen) atoms. The van der Waals surface area contributed by atoms with Gasteiger partial charge in [-0.1, -0.05) is 11.6 Å². The molecule has 0 amide bonds. The molecule has 4 nitrogen and oxygen atoms in total. The van der Waals surface area contributed by atoms with Crippen molar-refractivity contribution in [2.24, 2.45) is 0 Å². The molecule has 1 heterocycles. The minimum absolute atomic E-state index is 0.0819. The van der Waals surface area contributed by atoms with Crippen molar-refractivity contribution in [2.75, 3.05) is 20.3 Å². The second-order valence-electron chi connectivity index (χ2n) is 5.53. The molecule has 0 saturated carbocycles. The van der Waals surface area contributed by atoms with Crippen LogP contribution in [0.25, 0.3) is 0 Å². The van der Waals surface area contributed by atoms with Crippen molar-refractivity contribution >= 4 is 11.6 Å². The molecule has 1 aliphatic rings. The second kappa shape index (κ2) is 7.87. The number of hydrogen-bond acceptors (Lipinski definition) is 4. The van der Waals surface area contributed by atoms with Crippen LogP contribution in [0.4, 0.5) is 0 Å². The van der Waals surface area contributed by atoms with E-state index in [1.165, 1.54) is 0 Å². The Balaban J connectivity index is 1.98. The Morgan fingerprint density at radius 1 is 1.38 bits per heavy atom. The summed E-state index contributed by atoms with van der Waals surface area (Å²) in [5.41, 5.74) is 1.00. The van der Waals surface area contributed by atoms with Crippen molar-refractivity contribution in [2.45, 2.75) is 45.4 Å². The highest BCUT2D eigenvalue weighted by atomic mass is 35.5. The summed E-state index contributed by atoms with van der Waals surface area (Å²) in [5, 5.41) is 4.08. The molecule has 1 unspecified atom stereocenters. The highest BCUT2D eigenvalue weighted by Crippen LogP contribution is 2.34. The molecule has 1 aromatic rings. The zero-order valence-corrected chi connectivity index (χ0v) is 13.7. The summed E-state index contributed by atoms with van der Waals surface area (Å²) in [6.07, 6.45) is 2.69. The fourth-order valence-electron chi connectivity index (χ4n) is 2.39. The van der Waals surface area contributed by atoms with Crippen molar-refractivity contribution in [1.29, 1.82) is 0 Å². The van der Waals surface area contributed by atoms with Gasteiger partial charge in [0, 0.05) is 30.8 Å². The van der Waals surface area contributed by atoms with Gasteiger partial charge in [-0.2, -0.15) is 0 Å². The van der Waals surface area contributed by atoms with Gasteiger partial charge in [-0.05, 0) is 38.3 Å². The van der Waals surface area contributed by atoms with E-state index in [0.717, 1.165) is 31.6 Å². The Bertz CT molecular complexity index is 459. The number of ether oxygens (including phenoxy) is 3. The van der Waals surface area contributed by atoms with Crippen LogP contribution in [0.5, 0.6) is 11.5 Å². The van der Waals surface area contributed by atoms with E-state index in [1.807, 2.05) is 26.0 Å². The summed E-state index contributed by atoms with van der Waals surface area (Å²) >= 11 is 6.33. The van der Waals surface area contributed by atoms with Crippen molar-refractivity contribution in [3.05, 3.63) is 22.7 Å². The molecular weight excluding hydrogens is 290 g/mol. The molecule has 0 radical (unpaired) electrons. The van der Waals surface area contributed by atoms with Gasteiger partial charge in [0.25, 0.3) is 0 Å². The van der Waals surface area contributed by atoms with E-state index in [-0.39, 0.29) is 6.10 Å². The minimum Gasteiger partial charge on any atom is -0.493 e. The molecule has 1 fully saturated rings. The number of rotatable bonds is 7. The van der Waals surface area contributed by atoms with Crippen LogP contribution < -0.4 is 14.8 Å². The summed E-state index contributed by atoms with van der Waals surface area (Å²) in [6.45, 7) is 6.37. The van der Waals surface area contributed by atoms with Crippen LogP contribution in [0.1, 0.15) is 32.3 Å². The Labute approximate surface area is 131 Å². The van der Waals surface area contributed by atoms with E-state index in [0.29, 0.717) is 29.2 Å². The van der Waals surface area contributed by atoms with Gasteiger partial charge in [0.15, 0.2) is 11.5 Å². The van der Waals surface area contributed by atoms with Crippen LogP contribution in [-0.2, 0) is 11.3 Å². The number of hydrogen-bond donors (Lipinski definition) is 1. The van der Waals surface area contributed by atoms with Crippen molar-refractivity contribution in [1.82, 2.24) is 5.32 Å². The molecule has 1 saturated heterocycles. The zero-order valence-electron chi connectivity index (χ0n) is 12.9. The quantitative estimate of drug-likeness (QED) is 0.837. The maximum atomic E-state index is 6.33. The van der Waals surface area contributed by atoms with Crippen molar-refractivity contribution < 1.29 is 14.2 Å². The summed E-state index contributed by atoms with van der Waals surface area (Å²) in [4.78, 5) is 0. The highest BCUT2D eigenvalue weighted by Gasteiger charge is 2.16. The fourth-order valence-corrected chi connectivity index (χ4v) is 2.61. The summed E-state index contributed by atoms with van der Waals surface area (Å²) < 4.78 is 16.7. The number of halogens is 1. The molecule has 5 heteroatoms.